The highest BCUT2D eigenvalue weighted by Crippen LogP contribution is 2.43. The number of benzene rings is 3. The van der Waals surface area contributed by atoms with Crippen LogP contribution in [0, 0.1) is 0 Å². The summed E-state index contributed by atoms with van der Waals surface area (Å²) in [5, 5.41) is 11.6. The predicted octanol–water partition coefficient (Wildman–Crippen LogP) is 3.40. The summed E-state index contributed by atoms with van der Waals surface area (Å²) in [5.74, 6) is -2.78. The number of ether oxygens (including phenoxy) is 9. The number of aliphatic hydroxyl groups excluding tert-OH is 1. The maximum absolute atomic E-state index is 11.6. The van der Waals surface area contributed by atoms with Crippen LogP contribution in [0.25, 0.3) is 0 Å². The molecule has 5 aliphatic rings. The lowest BCUT2D eigenvalue weighted by molar-refractivity contribution is -0.458. The van der Waals surface area contributed by atoms with E-state index in [1.165, 1.54) is 0 Å². The van der Waals surface area contributed by atoms with Crippen LogP contribution in [0.2, 0.25) is 0 Å². The van der Waals surface area contributed by atoms with E-state index in [-0.39, 0.29) is 32.5 Å². The molecule has 2 spiro atoms. The van der Waals surface area contributed by atoms with E-state index in [9.17, 15) is 5.11 Å². The van der Waals surface area contributed by atoms with E-state index in [0.29, 0.717) is 33.0 Å². The van der Waals surface area contributed by atoms with Crippen molar-refractivity contribution in [3.05, 3.63) is 107 Å². The summed E-state index contributed by atoms with van der Waals surface area (Å²) in [6.45, 7) is 2.14. The van der Waals surface area contributed by atoms with E-state index in [0.717, 1.165) is 27.8 Å². The normalized spacial score (nSPS) is 36.4. The molecule has 0 aliphatic carbocycles. The second-order valence-electron chi connectivity index (χ2n) is 12.3. The molecule has 0 saturated carbocycles. The lowest BCUT2D eigenvalue weighted by Gasteiger charge is -2.56. The summed E-state index contributed by atoms with van der Waals surface area (Å²) in [4.78, 5) is 0. The molecule has 0 aromatic heterocycles. The van der Waals surface area contributed by atoms with Gasteiger partial charge in [0.25, 0.3) is 0 Å². The summed E-state index contributed by atoms with van der Waals surface area (Å²) in [5.41, 5.74) is 5.23. The Kier molecular flexibility index (Phi) is 8.21. The van der Waals surface area contributed by atoms with Crippen LogP contribution in [0.1, 0.15) is 27.8 Å². The number of fused-ring (bicyclic) bond motifs is 4. The SMILES string of the molecule is O[C@H]1[C@@H]2OCc3ccccc3CO[C@@H]2CO[C@@]12CO[C@]1(CO2)OC[C@H]2OCc3ccccc3CO[C@H]2[C@@H]1OCc1ccccc1. The first-order chi connectivity index (χ1) is 22.1. The molecular formula is C35H38O10. The molecule has 45 heavy (non-hydrogen) atoms. The van der Waals surface area contributed by atoms with Crippen molar-refractivity contribution in [2.45, 2.75) is 81.2 Å². The quantitative estimate of drug-likeness (QED) is 0.470. The summed E-state index contributed by atoms with van der Waals surface area (Å²) in [6, 6.07) is 26.0. The summed E-state index contributed by atoms with van der Waals surface area (Å²) in [6.07, 6.45) is -3.90. The van der Waals surface area contributed by atoms with Gasteiger partial charge in [0.2, 0.25) is 11.6 Å². The van der Waals surface area contributed by atoms with Crippen LogP contribution in [0.4, 0.5) is 0 Å². The minimum Gasteiger partial charge on any atom is -0.385 e. The fourth-order valence-electron chi connectivity index (χ4n) is 6.84. The third kappa shape index (κ3) is 5.63. The van der Waals surface area contributed by atoms with Gasteiger partial charge in [0.1, 0.15) is 49.8 Å². The topological polar surface area (TPSA) is 103 Å². The molecule has 5 heterocycles. The molecule has 10 nitrogen and oxygen atoms in total. The Hall–Kier alpha value is -2.74. The number of rotatable bonds is 3. The lowest BCUT2D eigenvalue weighted by Crippen LogP contribution is -2.74. The van der Waals surface area contributed by atoms with Gasteiger partial charge < -0.3 is 47.7 Å². The van der Waals surface area contributed by atoms with E-state index in [1.54, 1.807) is 0 Å². The van der Waals surface area contributed by atoms with E-state index in [4.69, 9.17) is 42.6 Å². The van der Waals surface area contributed by atoms with Crippen LogP contribution in [-0.4, -0.2) is 79.7 Å². The second-order valence-corrected chi connectivity index (χ2v) is 12.3. The molecule has 0 bridgehead atoms. The van der Waals surface area contributed by atoms with Crippen molar-refractivity contribution in [1.29, 1.82) is 0 Å². The zero-order valence-electron chi connectivity index (χ0n) is 25.0. The van der Waals surface area contributed by atoms with E-state index in [1.807, 2.05) is 72.8 Å². The summed E-state index contributed by atoms with van der Waals surface area (Å²) < 4.78 is 57.5. The average Bonchev–Trinajstić information content (AvgIpc) is 3.06. The third-order valence-corrected chi connectivity index (χ3v) is 9.52. The number of aliphatic hydroxyl groups is 1. The highest BCUT2D eigenvalue weighted by Gasteiger charge is 2.63. The van der Waals surface area contributed by atoms with Crippen LogP contribution in [-0.2, 0) is 75.7 Å². The molecule has 3 aromatic carbocycles. The molecule has 0 radical (unpaired) electrons. The molecule has 8 atom stereocenters. The molecule has 0 amide bonds. The van der Waals surface area contributed by atoms with Crippen LogP contribution in [0.3, 0.4) is 0 Å². The lowest BCUT2D eigenvalue weighted by atomic mass is 9.92. The highest BCUT2D eigenvalue weighted by molar-refractivity contribution is 5.27. The molecule has 3 saturated heterocycles. The van der Waals surface area contributed by atoms with Gasteiger partial charge >= 0.3 is 0 Å². The van der Waals surface area contributed by atoms with Crippen LogP contribution in [0.5, 0.6) is 0 Å². The Labute approximate surface area is 262 Å². The summed E-state index contributed by atoms with van der Waals surface area (Å²) in [7, 11) is 0. The number of hydrogen-bond donors (Lipinski definition) is 1. The van der Waals surface area contributed by atoms with E-state index >= 15 is 0 Å². The maximum Gasteiger partial charge on any atom is 0.222 e. The van der Waals surface area contributed by atoms with E-state index in [2.05, 4.69) is 6.07 Å². The second kappa shape index (κ2) is 12.5. The zero-order valence-corrected chi connectivity index (χ0v) is 25.0. The van der Waals surface area contributed by atoms with Crippen molar-refractivity contribution in [1.82, 2.24) is 0 Å². The molecule has 8 rings (SSSR count). The van der Waals surface area contributed by atoms with Crippen molar-refractivity contribution in [2.24, 2.45) is 0 Å². The van der Waals surface area contributed by atoms with Gasteiger partial charge in [0.05, 0.1) is 46.2 Å². The fraction of sp³-hybridized carbons (Fsp3) is 0.486. The molecule has 1 N–H and O–H groups in total. The molecule has 238 valence electrons. The average molecular weight is 619 g/mol. The largest absolute Gasteiger partial charge is 0.385 e. The van der Waals surface area contributed by atoms with Gasteiger partial charge in [-0.05, 0) is 27.8 Å². The molecule has 3 aromatic rings. The van der Waals surface area contributed by atoms with Crippen LogP contribution in [0.15, 0.2) is 78.9 Å². The Morgan fingerprint density at radius 3 is 1.67 bits per heavy atom. The smallest absolute Gasteiger partial charge is 0.222 e. The standard InChI is InChI=1S/C35H38O10/c36-32-30-28(37-15-24-10-4-6-12-26(24)17-39-30)19-42-34(32)21-45-35(22-44-34)33(41-14-23-8-2-1-3-9-23)31-29(20-43-35)38-16-25-11-5-7-13-27(25)18-40-31/h1-13,28-33,36H,14-22H2/t28-,29-,30-,31-,32+,33+,34-,35+/m1/s1. The Morgan fingerprint density at radius 1 is 0.578 bits per heavy atom. The van der Waals surface area contributed by atoms with Gasteiger partial charge in [-0.3, -0.25) is 0 Å². The first-order valence-corrected chi connectivity index (χ1v) is 15.6. The van der Waals surface area contributed by atoms with Gasteiger partial charge in [-0.2, -0.15) is 0 Å². The van der Waals surface area contributed by atoms with Gasteiger partial charge in [0, 0.05) is 0 Å². The zero-order chi connectivity index (χ0) is 30.3. The van der Waals surface area contributed by atoms with Crippen LogP contribution >= 0.6 is 0 Å². The Balaban J connectivity index is 1.02. The van der Waals surface area contributed by atoms with Gasteiger partial charge in [-0.25, -0.2) is 0 Å². The first-order valence-electron chi connectivity index (χ1n) is 15.6. The molecule has 5 aliphatic heterocycles. The number of hydrogen-bond acceptors (Lipinski definition) is 10. The van der Waals surface area contributed by atoms with Crippen molar-refractivity contribution in [2.75, 3.05) is 26.4 Å². The molecule has 0 unspecified atom stereocenters. The maximum atomic E-state index is 11.6. The third-order valence-electron chi connectivity index (χ3n) is 9.52. The van der Waals surface area contributed by atoms with Gasteiger partial charge in [-0.15, -0.1) is 0 Å². The first kappa shape index (κ1) is 29.6. The van der Waals surface area contributed by atoms with E-state index < -0.39 is 42.1 Å². The monoisotopic (exact) mass is 618 g/mol. The van der Waals surface area contributed by atoms with Gasteiger partial charge in [-0.1, -0.05) is 78.9 Å². The molecule has 3 fully saturated rings. The van der Waals surface area contributed by atoms with Gasteiger partial charge in [0.15, 0.2) is 0 Å². The Morgan fingerprint density at radius 2 is 1.07 bits per heavy atom. The van der Waals surface area contributed by atoms with Crippen molar-refractivity contribution in [3.8, 4) is 0 Å². The minimum atomic E-state index is -1.46. The fourth-order valence-corrected chi connectivity index (χ4v) is 6.84. The van der Waals surface area contributed by atoms with Crippen molar-refractivity contribution in [3.63, 3.8) is 0 Å². The summed E-state index contributed by atoms with van der Waals surface area (Å²) >= 11 is 0. The van der Waals surface area contributed by atoms with Crippen molar-refractivity contribution >= 4 is 0 Å². The minimum absolute atomic E-state index is 0.0617. The predicted molar refractivity (Wildman–Crippen MR) is 157 cm³/mol. The van der Waals surface area contributed by atoms with Crippen molar-refractivity contribution < 1.29 is 47.7 Å². The van der Waals surface area contributed by atoms with Crippen LogP contribution < -0.4 is 0 Å². The molecular weight excluding hydrogens is 580 g/mol. The highest BCUT2D eigenvalue weighted by atomic mass is 16.8. The Bertz CT molecular complexity index is 1460. The molecule has 10 heteroatoms.